The fourth-order valence-corrected chi connectivity index (χ4v) is 5.61. The number of aryl methyl sites for hydroxylation is 1. The summed E-state index contributed by atoms with van der Waals surface area (Å²) in [6.07, 6.45) is 1.30. The number of ether oxygens (including phenoxy) is 2. The van der Waals surface area contributed by atoms with Crippen molar-refractivity contribution in [2.24, 2.45) is 0 Å². The summed E-state index contributed by atoms with van der Waals surface area (Å²) >= 11 is 7.41. The molecule has 0 bridgehead atoms. The monoisotopic (exact) mass is 583 g/mol. The number of esters is 1. The Hall–Kier alpha value is -4.13. The highest BCUT2D eigenvalue weighted by molar-refractivity contribution is 7.20. The number of fused-ring (bicyclic) bond motifs is 1. The van der Waals surface area contributed by atoms with E-state index < -0.39 is 12.0 Å². The van der Waals surface area contributed by atoms with Gasteiger partial charge in [0.1, 0.15) is 18.4 Å². The predicted molar refractivity (Wildman–Crippen MR) is 166 cm³/mol. The van der Waals surface area contributed by atoms with Crippen LogP contribution in [0.5, 0.6) is 5.75 Å². The maximum atomic E-state index is 13.2. The van der Waals surface area contributed by atoms with Crippen LogP contribution in [0.4, 0.5) is 0 Å². The summed E-state index contributed by atoms with van der Waals surface area (Å²) in [5, 5.41) is 4.51. The first-order valence-electron chi connectivity index (χ1n) is 13.4. The molecule has 1 aromatic heterocycles. The molecule has 7 heteroatoms. The first kappa shape index (κ1) is 28.4. The van der Waals surface area contributed by atoms with Gasteiger partial charge in [-0.2, -0.15) is 0 Å². The minimum Gasteiger partial charge on any atom is -0.489 e. The molecule has 0 spiro atoms. The van der Waals surface area contributed by atoms with E-state index in [1.807, 2.05) is 72.8 Å². The Morgan fingerprint density at radius 2 is 1.49 bits per heavy atom. The van der Waals surface area contributed by atoms with E-state index in [0.29, 0.717) is 22.9 Å². The van der Waals surface area contributed by atoms with Gasteiger partial charge in [-0.15, -0.1) is 11.3 Å². The lowest BCUT2D eigenvalue weighted by Crippen LogP contribution is -2.42. The number of thiophene rings is 1. The molecular formula is C34H30ClNO4S. The van der Waals surface area contributed by atoms with Crippen LogP contribution < -0.4 is 10.1 Å². The van der Waals surface area contributed by atoms with Crippen molar-refractivity contribution >= 4 is 44.9 Å². The SMILES string of the molecule is CCc1ccc(COc2ccc(C[C@H](NC(=O)c3cc4cc(-c5ccc(Cl)cc5)ccc4s3)C(=O)OC)cc2)cc1. The lowest BCUT2D eigenvalue weighted by molar-refractivity contribution is -0.142. The molecule has 1 N–H and O–H groups in total. The topological polar surface area (TPSA) is 64.6 Å². The van der Waals surface area contributed by atoms with Gasteiger partial charge >= 0.3 is 5.97 Å². The van der Waals surface area contributed by atoms with Crippen molar-refractivity contribution in [3.63, 3.8) is 0 Å². The molecule has 0 aliphatic carbocycles. The number of nitrogens with one attached hydrogen (secondary N) is 1. The molecule has 5 rings (SSSR count). The van der Waals surface area contributed by atoms with E-state index in [1.165, 1.54) is 24.0 Å². The number of amides is 1. The summed E-state index contributed by atoms with van der Waals surface area (Å²) in [6, 6.07) is 30.7. The van der Waals surface area contributed by atoms with Gasteiger partial charge in [0.05, 0.1) is 12.0 Å². The Labute approximate surface area is 248 Å². The maximum absolute atomic E-state index is 13.2. The maximum Gasteiger partial charge on any atom is 0.328 e. The number of carbonyl (C=O) groups is 2. The van der Waals surface area contributed by atoms with Crippen molar-refractivity contribution in [2.45, 2.75) is 32.4 Å². The lowest BCUT2D eigenvalue weighted by atomic mass is 10.0. The van der Waals surface area contributed by atoms with Gasteiger partial charge in [-0.3, -0.25) is 4.79 Å². The zero-order valence-electron chi connectivity index (χ0n) is 22.9. The van der Waals surface area contributed by atoms with E-state index in [0.717, 1.165) is 44.5 Å². The standard InChI is InChI=1S/C34H30ClNO4S/c1-3-22-4-6-24(7-5-22)21-40-29-15-8-23(9-16-29)18-30(34(38)39-2)36-33(37)32-20-27-19-26(12-17-31(27)41-32)25-10-13-28(35)14-11-25/h4-17,19-20,30H,3,18,21H2,1-2H3,(H,36,37)/t30-/m0/s1. The molecule has 0 fully saturated rings. The molecule has 0 saturated heterocycles. The second-order valence-electron chi connectivity index (χ2n) is 9.73. The van der Waals surface area contributed by atoms with Crippen molar-refractivity contribution < 1.29 is 19.1 Å². The Bertz CT molecular complexity index is 1640. The van der Waals surface area contributed by atoms with Gasteiger partial charge in [-0.25, -0.2) is 4.79 Å². The summed E-state index contributed by atoms with van der Waals surface area (Å²) in [5.74, 6) is -0.0840. The smallest absolute Gasteiger partial charge is 0.328 e. The van der Waals surface area contributed by atoms with E-state index >= 15 is 0 Å². The van der Waals surface area contributed by atoms with E-state index in [9.17, 15) is 9.59 Å². The number of methoxy groups -OCH3 is 1. The number of hydrogen-bond donors (Lipinski definition) is 1. The van der Waals surface area contributed by atoms with Crippen LogP contribution in [0.25, 0.3) is 21.2 Å². The summed E-state index contributed by atoms with van der Waals surface area (Å²) < 4.78 is 11.9. The van der Waals surface area contributed by atoms with E-state index in [1.54, 1.807) is 0 Å². The van der Waals surface area contributed by atoms with Crippen LogP contribution >= 0.6 is 22.9 Å². The number of hydrogen-bond acceptors (Lipinski definition) is 5. The van der Waals surface area contributed by atoms with Gasteiger partial charge in [-0.1, -0.05) is 73.1 Å². The second-order valence-corrected chi connectivity index (χ2v) is 11.2. The Morgan fingerprint density at radius 3 is 2.17 bits per heavy atom. The van der Waals surface area contributed by atoms with Crippen LogP contribution in [0.15, 0.2) is 97.1 Å². The normalized spacial score (nSPS) is 11.7. The minimum atomic E-state index is -0.828. The fourth-order valence-electron chi connectivity index (χ4n) is 4.54. The Kier molecular flexibility index (Phi) is 9.02. The van der Waals surface area contributed by atoms with E-state index in [-0.39, 0.29) is 5.91 Å². The molecule has 4 aromatic carbocycles. The third-order valence-electron chi connectivity index (χ3n) is 6.91. The van der Waals surface area contributed by atoms with Crippen molar-refractivity contribution in [3.8, 4) is 16.9 Å². The van der Waals surface area contributed by atoms with Crippen molar-refractivity contribution in [2.75, 3.05) is 7.11 Å². The summed E-state index contributed by atoms with van der Waals surface area (Å²) in [4.78, 5) is 26.3. The molecule has 0 unspecified atom stereocenters. The number of rotatable bonds is 10. The molecule has 1 atom stereocenters. The van der Waals surface area contributed by atoms with E-state index in [4.69, 9.17) is 21.1 Å². The molecular weight excluding hydrogens is 554 g/mol. The van der Waals surface area contributed by atoms with E-state index in [2.05, 4.69) is 36.5 Å². The van der Waals surface area contributed by atoms with Crippen LogP contribution in [0, 0.1) is 0 Å². The van der Waals surface area contributed by atoms with Crippen LogP contribution in [-0.4, -0.2) is 25.0 Å². The number of carbonyl (C=O) groups excluding carboxylic acids is 2. The fraction of sp³-hybridized carbons (Fsp3) is 0.176. The predicted octanol–water partition coefficient (Wildman–Crippen LogP) is 7.88. The van der Waals surface area contributed by atoms with Gasteiger partial charge in [0.2, 0.25) is 0 Å². The Balaban J connectivity index is 1.24. The molecule has 41 heavy (non-hydrogen) atoms. The van der Waals surface area contributed by atoms with Gasteiger partial charge in [0.15, 0.2) is 0 Å². The lowest BCUT2D eigenvalue weighted by Gasteiger charge is -2.16. The van der Waals surface area contributed by atoms with Crippen molar-refractivity contribution in [1.29, 1.82) is 0 Å². The van der Waals surface area contributed by atoms with Gasteiger partial charge in [0, 0.05) is 16.1 Å². The average molecular weight is 584 g/mol. The molecule has 0 saturated carbocycles. The molecule has 1 amide bonds. The van der Waals surface area contributed by atoms with Crippen LogP contribution in [0.1, 0.15) is 33.3 Å². The summed E-state index contributed by atoms with van der Waals surface area (Å²) in [7, 11) is 1.32. The van der Waals surface area contributed by atoms with Crippen LogP contribution in [0.3, 0.4) is 0 Å². The number of halogens is 1. The zero-order chi connectivity index (χ0) is 28.8. The second kappa shape index (κ2) is 13.0. The highest BCUT2D eigenvalue weighted by atomic mass is 35.5. The highest BCUT2D eigenvalue weighted by Gasteiger charge is 2.24. The zero-order valence-corrected chi connectivity index (χ0v) is 24.4. The van der Waals surface area contributed by atoms with Gasteiger partial charge in [-0.05, 0) is 82.1 Å². The summed E-state index contributed by atoms with van der Waals surface area (Å²) in [5.41, 5.74) is 5.35. The van der Waals surface area contributed by atoms with Crippen LogP contribution in [0.2, 0.25) is 5.02 Å². The third kappa shape index (κ3) is 7.15. The van der Waals surface area contributed by atoms with Gasteiger partial charge < -0.3 is 14.8 Å². The highest BCUT2D eigenvalue weighted by Crippen LogP contribution is 2.31. The third-order valence-corrected chi connectivity index (χ3v) is 8.28. The molecule has 0 radical (unpaired) electrons. The number of benzene rings is 4. The largest absolute Gasteiger partial charge is 0.489 e. The molecule has 0 aliphatic heterocycles. The Morgan fingerprint density at radius 1 is 0.829 bits per heavy atom. The van der Waals surface area contributed by atoms with Gasteiger partial charge in [0.25, 0.3) is 5.91 Å². The average Bonchev–Trinajstić information content (AvgIpc) is 3.44. The molecule has 1 heterocycles. The minimum absolute atomic E-state index is 0.294. The van der Waals surface area contributed by atoms with Crippen molar-refractivity contribution in [3.05, 3.63) is 124 Å². The first-order chi connectivity index (χ1) is 19.9. The molecule has 208 valence electrons. The quantitative estimate of drug-likeness (QED) is 0.170. The van der Waals surface area contributed by atoms with Crippen LogP contribution in [-0.2, 0) is 29.0 Å². The molecule has 0 aliphatic rings. The molecule has 5 nitrogen and oxygen atoms in total. The summed E-state index contributed by atoms with van der Waals surface area (Å²) in [6.45, 7) is 2.60. The first-order valence-corrected chi connectivity index (χ1v) is 14.6. The van der Waals surface area contributed by atoms with Crippen molar-refractivity contribution in [1.82, 2.24) is 5.32 Å². The molecule has 5 aromatic rings.